The fourth-order valence-electron chi connectivity index (χ4n) is 2.24. The summed E-state index contributed by atoms with van der Waals surface area (Å²) in [4.78, 5) is 0. The van der Waals surface area contributed by atoms with Crippen molar-refractivity contribution < 1.29 is 48.1 Å². The van der Waals surface area contributed by atoms with Gasteiger partial charge >= 0.3 is 41.9 Å². The summed E-state index contributed by atoms with van der Waals surface area (Å²) in [7, 11) is 0. The van der Waals surface area contributed by atoms with Crippen molar-refractivity contribution in [2.45, 2.75) is 13.1 Å². The quantitative estimate of drug-likeness (QED) is 0.219. The molecule has 4 aromatic rings. The molecule has 0 saturated carbocycles. The van der Waals surface area contributed by atoms with E-state index in [-0.39, 0.29) is 30.2 Å². The number of benzene rings is 2. The predicted octanol–water partition coefficient (Wildman–Crippen LogP) is 2.52. The smallest absolute Gasteiger partial charge is 0.0405 e. The number of fused-ring (bicyclic) bond motifs is 2. The van der Waals surface area contributed by atoms with Crippen molar-refractivity contribution in [1.82, 2.24) is 0 Å². The standard InChI is InChI=1S/2C9H5Cl2.C2H6Si.2ClH.Zr/c2*10-8-4-6-2-1-3-7(6)5-9(8)11;1-3-2;;;/h2*1-5H;1-2H3;2*1H;/q2*-1;;;;+2/p-2. The van der Waals surface area contributed by atoms with Crippen molar-refractivity contribution in [3.8, 4) is 0 Å². The van der Waals surface area contributed by atoms with Gasteiger partial charge in [0.1, 0.15) is 0 Å². The maximum Gasteiger partial charge on any atom is 0.0405 e. The van der Waals surface area contributed by atoms with Crippen molar-refractivity contribution in [3.63, 3.8) is 0 Å². The molecule has 0 aliphatic heterocycles. The average molecular weight is 588 g/mol. The van der Waals surface area contributed by atoms with Crippen molar-refractivity contribution >= 4 is 73.4 Å². The second-order valence-corrected chi connectivity index (χ2v) is 16.8. The van der Waals surface area contributed by atoms with Crippen molar-refractivity contribution in [2.75, 3.05) is 0 Å². The van der Waals surface area contributed by atoms with Crippen LogP contribution < -0.4 is 24.8 Å². The molecule has 0 N–H and O–H groups in total. The Bertz CT molecular complexity index is 884. The number of hydrogen-bond acceptors (Lipinski definition) is 0. The van der Waals surface area contributed by atoms with E-state index in [2.05, 4.69) is 13.1 Å². The van der Waals surface area contributed by atoms with Crippen LogP contribution in [0.4, 0.5) is 0 Å². The third-order valence-corrected chi connectivity index (χ3v) is 4.80. The van der Waals surface area contributed by atoms with Crippen LogP contribution in [-0.2, 0) is 23.3 Å². The molecule has 0 amide bonds. The molecule has 0 spiro atoms. The fourth-order valence-corrected chi connectivity index (χ4v) is 2.93. The minimum atomic E-state index is 0. The van der Waals surface area contributed by atoms with E-state index in [0.29, 0.717) is 20.1 Å². The molecule has 28 heavy (non-hydrogen) atoms. The summed E-state index contributed by atoms with van der Waals surface area (Å²) < 4.78 is 0. The van der Waals surface area contributed by atoms with E-state index >= 15 is 0 Å². The second-order valence-electron chi connectivity index (χ2n) is 5.84. The Labute approximate surface area is 213 Å². The van der Waals surface area contributed by atoms with Gasteiger partial charge in [-0.1, -0.05) is 58.5 Å². The van der Waals surface area contributed by atoms with E-state index in [1.807, 2.05) is 60.7 Å². The Morgan fingerprint density at radius 3 is 1.29 bits per heavy atom. The SMILES string of the molecule is C[Si](C)=[Zr+2].Clc1cc2cc[cH-]c2cc1Cl.Clc1cc2cc[cH-]c2cc1Cl.[Cl-].[Cl-]. The number of halogens is 6. The molecule has 4 rings (SSSR count). The molecule has 0 unspecified atom stereocenters. The molecule has 0 aliphatic rings. The van der Waals surface area contributed by atoms with Gasteiger partial charge in [-0.3, -0.25) is 0 Å². The normalized spacial score (nSPS) is 9.43. The summed E-state index contributed by atoms with van der Waals surface area (Å²) in [6.07, 6.45) is 0. The van der Waals surface area contributed by atoms with E-state index in [0.717, 1.165) is 21.5 Å². The zero-order chi connectivity index (χ0) is 19.3. The maximum absolute atomic E-state index is 5.81. The average Bonchev–Trinajstić information content (AvgIpc) is 3.17. The second kappa shape index (κ2) is 13.7. The first kappa shape index (κ1) is 28.5. The number of rotatable bonds is 0. The van der Waals surface area contributed by atoms with Crippen LogP contribution in [0.5, 0.6) is 0 Å². The van der Waals surface area contributed by atoms with Crippen molar-refractivity contribution in [3.05, 3.63) is 80.8 Å². The van der Waals surface area contributed by atoms with Gasteiger partial charge in [0.15, 0.2) is 0 Å². The fraction of sp³-hybridized carbons (Fsp3) is 0.100. The molecule has 4 aromatic carbocycles. The third kappa shape index (κ3) is 8.70. The van der Waals surface area contributed by atoms with Crippen LogP contribution in [0.15, 0.2) is 60.7 Å². The summed E-state index contributed by atoms with van der Waals surface area (Å²) in [5.74, 6) is 0. The molecular weight excluding hydrogens is 572 g/mol. The van der Waals surface area contributed by atoms with Gasteiger partial charge in [-0.25, -0.2) is 0 Å². The van der Waals surface area contributed by atoms with E-state index in [4.69, 9.17) is 46.4 Å². The Morgan fingerprint density at radius 2 is 0.964 bits per heavy atom. The Hall–Kier alpha value is 0.500. The summed E-state index contributed by atoms with van der Waals surface area (Å²) in [6, 6.07) is 19.5. The predicted molar refractivity (Wildman–Crippen MR) is 117 cm³/mol. The van der Waals surface area contributed by atoms with Gasteiger partial charge in [0.05, 0.1) is 0 Å². The van der Waals surface area contributed by atoms with Crippen molar-refractivity contribution in [1.29, 1.82) is 0 Å². The molecule has 0 fully saturated rings. The molecule has 148 valence electrons. The van der Waals surface area contributed by atoms with Crippen LogP contribution in [0.3, 0.4) is 0 Å². The van der Waals surface area contributed by atoms with Gasteiger partial charge < -0.3 is 24.8 Å². The molecule has 8 heteroatoms. The van der Waals surface area contributed by atoms with E-state index in [9.17, 15) is 0 Å². The topological polar surface area (TPSA) is 0 Å². The van der Waals surface area contributed by atoms with Crippen LogP contribution in [0, 0.1) is 0 Å². The molecule has 0 radical (unpaired) electrons. The summed E-state index contributed by atoms with van der Waals surface area (Å²) >= 11 is 25.0. The van der Waals surface area contributed by atoms with Crippen LogP contribution in [-0.4, -0.2) is 5.43 Å². The van der Waals surface area contributed by atoms with Crippen LogP contribution in [0.25, 0.3) is 21.5 Å². The molecule has 0 nitrogen and oxygen atoms in total. The van der Waals surface area contributed by atoms with Gasteiger partial charge in [0.25, 0.3) is 0 Å². The minimum absolute atomic E-state index is 0. The number of hydrogen-bond donors (Lipinski definition) is 0. The monoisotopic (exact) mass is 584 g/mol. The molecule has 0 aliphatic carbocycles. The van der Waals surface area contributed by atoms with Gasteiger partial charge in [0.2, 0.25) is 0 Å². The first-order valence-corrected chi connectivity index (χ1v) is 15.5. The molecule has 0 atom stereocenters. The van der Waals surface area contributed by atoms with Gasteiger partial charge in [-0.05, 0) is 0 Å². The Kier molecular flexibility index (Phi) is 14.0. The maximum atomic E-state index is 5.81. The minimum Gasteiger partial charge on any atom is -1.00 e. The van der Waals surface area contributed by atoms with Gasteiger partial charge in [0, 0.05) is 20.1 Å². The van der Waals surface area contributed by atoms with Gasteiger partial charge in [-0.2, -0.15) is 24.3 Å². The summed E-state index contributed by atoms with van der Waals surface area (Å²) in [5.41, 5.74) is 0.210. The van der Waals surface area contributed by atoms with E-state index in [1.165, 1.54) is 0 Å². The third-order valence-electron chi connectivity index (χ3n) is 3.36. The summed E-state index contributed by atoms with van der Waals surface area (Å²) in [6.45, 7) is 4.62. The van der Waals surface area contributed by atoms with E-state index < -0.39 is 0 Å². The van der Waals surface area contributed by atoms with E-state index in [1.54, 1.807) is 23.3 Å². The first-order valence-electron chi connectivity index (χ1n) is 7.80. The zero-order valence-corrected chi connectivity index (χ0v) is 23.0. The van der Waals surface area contributed by atoms with Crippen LogP contribution in [0.1, 0.15) is 0 Å². The van der Waals surface area contributed by atoms with Crippen molar-refractivity contribution in [2.24, 2.45) is 0 Å². The Morgan fingerprint density at radius 1 is 0.679 bits per heavy atom. The first-order chi connectivity index (χ1) is 12.3. The van der Waals surface area contributed by atoms with Crippen LogP contribution >= 0.6 is 46.4 Å². The molecule has 0 aromatic heterocycles. The Balaban J connectivity index is 0.000000415. The summed E-state index contributed by atoms with van der Waals surface area (Å²) in [5, 5.41) is 7.02. The zero-order valence-electron chi connectivity index (χ0n) is 15.0. The molecule has 0 heterocycles. The van der Waals surface area contributed by atoms with Crippen LogP contribution in [0.2, 0.25) is 33.2 Å². The largest absolute Gasteiger partial charge is 1.00 e. The molecule has 0 bridgehead atoms. The van der Waals surface area contributed by atoms with Gasteiger partial charge in [-0.15, -0.1) is 45.8 Å². The molecular formula is C20H16Cl6SiZr-2. The molecule has 0 saturated heterocycles.